The number of hydrogen-bond donors (Lipinski definition) is 2. The molecule has 0 aliphatic carbocycles. The maximum Gasteiger partial charge on any atom is 0.246 e. The van der Waals surface area contributed by atoms with Gasteiger partial charge in [0.25, 0.3) is 0 Å². The number of halogens is 2. The molecule has 1 heterocycles. The molecule has 1 aromatic rings. The standard InChI is InChI=1S/C11H12BrFN2OS/c1-17-3-2-8-11(16)15-9-4-6(12)7(13)5-10(9)14-8/h4-5,8,14H,2-3H2,1H3,(H,15,16). The van der Waals surface area contributed by atoms with E-state index in [0.29, 0.717) is 15.8 Å². The zero-order valence-electron chi connectivity index (χ0n) is 9.22. The Morgan fingerprint density at radius 3 is 2.94 bits per heavy atom. The van der Waals surface area contributed by atoms with E-state index in [0.717, 1.165) is 12.2 Å². The van der Waals surface area contributed by atoms with Crippen LogP contribution in [0.3, 0.4) is 0 Å². The summed E-state index contributed by atoms with van der Waals surface area (Å²) in [6.07, 6.45) is 2.72. The Balaban J connectivity index is 2.22. The summed E-state index contributed by atoms with van der Waals surface area (Å²) in [5.41, 5.74) is 1.25. The lowest BCUT2D eigenvalue weighted by molar-refractivity contribution is -0.117. The second kappa shape index (κ2) is 5.27. The van der Waals surface area contributed by atoms with Gasteiger partial charge in [0, 0.05) is 6.07 Å². The first-order chi connectivity index (χ1) is 8.11. The number of benzene rings is 1. The van der Waals surface area contributed by atoms with Gasteiger partial charge in [-0.1, -0.05) is 0 Å². The number of rotatable bonds is 3. The molecule has 1 unspecified atom stereocenters. The van der Waals surface area contributed by atoms with Crippen LogP contribution < -0.4 is 10.6 Å². The van der Waals surface area contributed by atoms with Crippen LogP contribution in [0.25, 0.3) is 0 Å². The number of carbonyl (C=O) groups excluding carboxylic acids is 1. The fourth-order valence-electron chi connectivity index (χ4n) is 1.68. The van der Waals surface area contributed by atoms with Crippen LogP contribution in [0.15, 0.2) is 16.6 Å². The first-order valence-corrected chi connectivity index (χ1v) is 7.36. The van der Waals surface area contributed by atoms with Gasteiger partial charge in [0.2, 0.25) is 5.91 Å². The summed E-state index contributed by atoms with van der Waals surface area (Å²) < 4.78 is 13.7. The Morgan fingerprint density at radius 2 is 2.24 bits per heavy atom. The zero-order valence-corrected chi connectivity index (χ0v) is 11.6. The van der Waals surface area contributed by atoms with E-state index in [-0.39, 0.29) is 17.8 Å². The molecule has 0 spiro atoms. The van der Waals surface area contributed by atoms with Crippen LogP contribution in [-0.2, 0) is 4.79 Å². The van der Waals surface area contributed by atoms with Gasteiger partial charge in [-0.05, 0) is 40.4 Å². The lowest BCUT2D eigenvalue weighted by Crippen LogP contribution is -2.39. The minimum Gasteiger partial charge on any atom is -0.372 e. The fourth-order valence-corrected chi connectivity index (χ4v) is 2.50. The van der Waals surface area contributed by atoms with E-state index in [1.165, 1.54) is 6.07 Å². The van der Waals surface area contributed by atoms with Crippen molar-refractivity contribution in [3.8, 4) is 0 Å². The first-order valence-electron chi connectivity index (χ1n) is 5.17. The van der Waals surface area contributed by atoms with Crippen molar-refractivity contribution in [2.45, 2.75) is 12.5 Å². The molecule has 1 atom stereocenters. The van der Waals surface area contributed by atoms with Crippen LogP contribution in [0.5, 0.6) is 0 Å². The fraction of sp³-hybridized carbons (Fsp3) is 0.364. The molecule has 0 aromatic heterocycles. The van der Waals surface area contributed by atoms with Crippen molar-refractivity contribution < 1.29 is 9.18 Å². The second-order valence-corrected chi connectivity index (χ2v) is 5.62. The molecule has 0 saturated heterocycles. The van der Waals surface area contributed by atoms with Crippen LogP contribution in [-0.4, -0.2) is 24.0 Å². The summed E-state index contributed by atoms with van der Waals surface area (Å²) in [5.74, 6) is 0.487. The number of anilines is 2. The molecule has 1 amide bonds. The molecular weight excluding hydrogens is 307 g/mol. The molecule has 92 valence electrons. The topological polar surface area (TPSA) is 41.1 Å². The lowest BCUT2D eigenvalue weighted by Gasteiger charge is -2.26. The highest BCUT2D eigenvalue weighted by atomic mass is 79.9. The minimum absolute atomic E-state index is 0.0648. The molecule has 0 fully saturated rings. The van der Waals surface area contributed by atoms with Gasteiger partial charge in [-0.3, -0.25) is 4.79 Å². The Bertz CT molecular complexity index is 455. The van der Waals surface area contributed by atoms with Gasteiger partial charge in [-0.2, -0.15) is 11.8 Å². The van der Waals surface area contributed by atoms with E-state index in [1.807, 2.05) is 6.26 Å². The number of hydrogen-bond acceptors (Lipinski definition) is 3. The normalized spacial score (nSPS) is 18.3. The summed E-state index contributed by atoms with van der Waals surface area (Å²) in [7, 11) is 0. The predicted octanol–water partition coefficient (Wildman–Crippen LogP) is 3.07. The summed E-state index contributed by atoms with van der Waals surface area (Å²) in [5, 5.41) is 5.84. The van der Waals surface area contributed by atoms with Crippen molar-refractivity contribution in [1.29, 1.82) is 0 Å². The third-order valence-electron chi connectivity index (χ3n) is 2.58. The number of fused-ring (bicyclic) bond motifs is 1. The van der Waals surface area contributed by atoms with E-state index < -0.39 is 0 Å². The molecule has 2 N–H and O–H groups in total. The van der Waals surface area contributed by atoms with Crippen molar-refractivity contribution in [3.05, 3.63) is 22.4 Å². The average molecular weight is 319 g/mol. The van der Waals surface area contributed by atoms with Gasteiger partial charge in [0.15, 0.2) is 0 Å². The molecule has 0 saturated carbocycles. The quantitative estimate of drug-likeness (QED) is 0.900. The van der Waals surface area contributed by atoms with Crippen molar-refractivity contribution >= 4 is 45.0 Å². The van der Waals surface area contributed by atoms with Gasteiger partial charge < -0.3 is 10.6 Å². The number of thioether (sulfide) groups is 1. The molecule has 17 heavy (non-hydrogen) atoms. The van der Waals surface area contributed by atoms with Gasteiger partial charge in [-0.15, -0.1) is 0 Å². The Hall–Kier alpha value is -0.750. The smallest absolute Gasteiger partial charge is 0.246 e. The third-order valence-corrected chi connectivity index (χ3v) is 3.83. The maximum atomic E-state index is 13.4. The molecule has 0 bridgehead atoms. The van der Waals surface area contributed by atoms with Crippen LogP contribution in [0.2, 0.25) is 0 Å². The Kier molecular flexibility index (Phi) is 3.93. The van der Waals surface area contributed by atoms with Crippen molar-refractivity contribution in [2.75, 3.05) is 22.6 Å². The van der Waals surface area contributed by atoms with Gasteiger partial charge in [-0.25, -0.2) is 4.39 Å². The maximum absolute atomic E-state index is 13.4. The van der Waals surface area contributed by atoms with Crippen molar-refractivity contribution in [2.24, 2.45) is 0 Å². The Morgan fingerprint density at radius 1 is 1.47 bits per heavy atom. The summed E-state index contributed by atoms with van der Waals surface area (Å²) in [6.45, 7) is 0. The third kappa shape index (κ3) is 2.74. The minimum atomic E-state index is -0.337. The largest absolute Gasteiger partial charge is 0.372 e. The number of nitrogens with one attached hydrogen (secondary N) is 2. The summed E-state index contributed by atoms with van der Waals surface area (Å²) >= 11 is 4.78. The average Bonchev–Trinajstić information content (AvgIpc) is 2.29. The molecule has 3 nitrogen and oxygen atoms in total. The van der Waals surface area contributed by atoms with Crippen LogP contribution >= 0.6 is 27.7 Å². The van der Waals surface area contributed by atoms with E-state index in [9.17, 15) is 9.18 Å². The van der Waals surface area contributed by atoms with Crippen molar-refractivity contribution in [3.63, 3.8) is 0 Å². The van der Waals surface area contributed by atoms with E-state index in [4.69, 9.17) is 0 Å². The molecular formula is C11H12BrFN2OS. The van der Waals surface area contributed by atoms with E-state index in [1.54, 1.807) is 17.8 Å². The molecule has 6 heteroatoms. The number of amides is 1. The highest BCUT2D eigenvalue weighted by Crippen LogP contribution is 2.32. The molecule has 0 radical (unpaired) electrons. The summed E-state index contributed by atoms with van der Waals surface area (Å²) in [4.78, 5) is 11.8. The van der Waals surface area contributed by atoms with Crippen LogP contribution in [0.1, 0.15) is 6.42 Å². The summed E-state index contributed by atoms with van der Waals surface area (Å²) in [6, 6.07) is 2.68. The second-order valence-electron chi connectivity index (χ2n) is 3.78. The monoisotopic (exact) mass is 318 g/mol. The van der Waals surface area contributed by atoms with Crippen LogP contribution in [0, 0.1) is 5.82 Å². The van der Waals surface area contributed by atoms with Gasteiger partial charge in [0.1, 0.15) is 11.9 Å². The predicted molar refractivity (Wildman–Crippen MR) is 73.1 cm³/mol. The van der Waals surface area contributed by atoms with Crippen molar-refractivity contribution in [1.82, 2.24) is 0 Å². The lowest BCUT2D eigenvalue weighted by atomic mass is 10.1. The number of carbonyl (C=O) groups is 1. The Labute approximate surface area is 112 Å². The molecule has 2 rings (SSSR count). The SMILES string of the molecule is CSCCC1Nc2cc(F)c(Br)cc2NC1=O. The highest BCUT2D eigenvalue weighted by molar-refractivity contribution is 9.10. The molecule has 1 aromatic carbocycles. The van der Waals surface area contributed by atoms with E-state index >= 15 is 0 Å². The van der Waals surface area contributed by atoms with Gasteiger partial charge >= 0.3 is 0 Å². The zero-order chi connectivity index (χ0) is 12.4. The molecule has 1 aliphatic heterocycles. The molecule has 1 aliphatic rings. The van der Waals surface area contributed by atoms with Gasteiger partial charge in [0.05, 0.1) is 15.8 Å². The highest BCUT2D eigenvalue weighted by Gasteiger charge is 2.25. The van der Waals surface area contributed by atoms with Crippen LogP contribution in [0.4, 0.5) is 15.8 Å². The van der Waals surface area contributed by atoms with E-state index in [2.05, 4.69) is 26.6 Å². The first kappa shape index (κ1) is 12.7.